The molecule has 0 radical (unpaired) electrons. The zero-order valence-electron chi connectivity index (χ0n) is 16.1. The average molecular weight is 356 g/mol. The summed E-state index contributed by atoms with van der Waals surface area (Å²) < 4.78 is 21.0. The molecular weight excluding hydrogens is 328 g/mol. The lowest BCUT2D eigenvalue weighted by atomic mass is 10.2. The van der Waals surface area contributed by atoms with Crippen LogP contribution in [0.25, 0.3) is 12.2 Å². The molecule has 0 atom stereocenters. The second-order valence-corrected chi connectivity index (χ2v) is 5.16. The molecule has 2 rings (SSSR count). The molecule has 140 valence electrons. The van der Waals surface area contributed by atoms with E-state index in [1.807, 2.05) is 50.2 Å². The van der Waals surface area contributed by atoms with Crippen molar-refractivity contribution in [3.8, 4) is 23.0 Å². The van der Waals surface area contributed by atoms with Crippen LogP contribution in [0.3, 0.4) is 0 Å². The van der Waals surface area contributed by atoms with Gasteiger partial charge in [0.1, 0.15) is 23.0 Å². The lowest BCUT2D eigenvalue weighted by Gasteiger charge is -2.08. The normalized spacial score (nSPS) is 9.38. The van der Waals surface area contributed by atoms with Crippen LogP contribution in [-0.4, -0.2) is 27.4 Å². The molecule has 0 saturated carbocycles. The maximum atomic E-state index is 5.41. The first kappa shape index (κ1) is 21.2. The van der Waals surface area contributed by atoms with Gasteiger partial charge in [0.15, 0.2) is 0 Å². The lowest BCUT2D eigenvalue weighted by Crippen LogP contribution is -1.95. The highest BCUT2D eigenvalue weighted by Crippen LogP contribution is 2.24. The summed E-state index contributed by atoms with van der Waals surface area (Å²) in [7, 11) is 3.25. The van der Waals surface area contributed by atoms with Gasteiger partial charge in [0.05, 0.1) is 27.4 Å². The molecule has 2 aromatic rings. The minimum atomic E-state index is 0.659. The SMILES string of the molecule is C=Cc1cc(OC)cc(OC)c1.C=Cc1cc(OCC)cc(OCC)c1. The summed E-state index contributed by atoms with van der Waals surface area (Å²) in [5.74, 6) is 3.22. The summed E-state index contributed by atoms with van der Waals surface area (Å²) in [5.41, 5.74) is 2.01. The van der Waals surface area contributed by atoms with Crippen molar-refractivity contribution in [1.29, 1.82) is 0 Å². The molecule has 0 aliphatic carbocycles. The Kier molecular flexibility index (Phi) is 9.47. The van der Waals surface area contributed by atoms with Gasteiger partial charge in [-0.15, -0.1) is 0 Å². The molecule has 0 bridgehead atoms. The minimum absolute atomic E-state index is 0.659. The first-order valence-electron chi connectivity index (χ1n) is 8.48. The molecule has 0 fully saturated rings. The van der Waals surface area contributed by atoms with Gasteiger partial charge < -0.3 is 18.9 Å². The maximum Gasteiger partial charge on any atom is 0.123 e. The molecule has 0 spiro atoms. The van der Waals surface area contributed by atoms with Gasteiger partial charge in [-0.3, -0.25) is 0 Å². The summed E-state index contributed by atoms with van der Waals surface area (Å²) in [4.78, 5) is 0. The van der Waals surface area contributed by atoms with E-state index in [0.717, 1.165) is 34.1 Å². The number of rotatable bonds is 8. The van der Waals surface area contributed by atoms with E-state index >= 15 is 0 Å². The Morgan fingerprint density at radius 3 is 1.31 bits per heavy atom. The second kappa shape index (κ2) is 11.6. The predicted octanol–water partition coefficient (Wildman–Crippen LogP) is 5.47. The predicted molar refractivity (Wildman–Crippen MR) is 109 cm³/mol. The summed E-state index contributed by atoms with van der Waals surface area (Å²) >= 11 is 0. The van der Waals surface area contributed by atoms with Crippen LogP contribution in [0.15, 0.2) is 49.6 Å². The van der Waals surface area contributed by atoms with Crippen LogP contribution in [0.2, 0.25) is 0 Å². The summed E-state index contributed by atoms with van der Waals surface area (Å²) in [6.07, 6.45) is 3.54. The van der Waals surface area contributed by atoms with Crippen LogP contribution in [-0.2, 0) is 0 Å². The molecule has 2 aromatic carbocycles. The van der Waals surface area contributed by atoms with Crippen LogP contribution >= 0.6 is 0 Å². The van der Waals surface area contributed by atoms with Gasteiger partial charge in [-0.05, 0) is 49.2 Å². The number of ether oxygens (including phenoxy) is 4. The van der Waals surface area contributed by atoms with E-state index < -0.39 is 0 Å². The van der Waals surface area contributed by atoms with Crippen molar-refractivity contribution in [2.75, 3.05) is 27.4 Å². The molecule has 0 aromatic heterocycles. The van der Waals surface area contributed by atoms with Crippen LogP contribution in [0.4, 0.5) is 0 Å². The van der Waals surface area contributed by atoms with Crippen molar-refractivity contribution < 1.29 is 18.9 Å². The summed E-state index contributed by atoms with van der Waals surface area (Å²) in [6.45, 7) is 12.6. The van der Waals surface area contributed by atoms with Crippen LogP contribution in [0, 0.1) is 0 Å². The fraction of sp³-hybridized carbons (Fsp3) is 0.273. The van der Waals surface area contributed by atoms with Gasteiger partial charge in [-0.2, -0.15) is 0 Å². The third kappa shape index (κ3) is 6.93. The molecule has 26 heavy (non-hydrogen) atoms. The molecular formula is C22H28O4. The van der Waals surface area contributed by atoms with Crippen molar-refractivity contribution in [1.82, 2.24) is 0 Å². The summed E-state index contributed by atoms with van der Waals surface area (Å²) in [6, 6.07) is 11.4. The number of methoxy groups -OCH3 is 2. The molecule has 0 N–H and O–H groups in total. The van der Waals surface area contributed by atoms with Crippen LogP contribution < -0.4 is 18.9 Å². The van der Waals surface area contributed by atoms with Crippen LogP contribution in [0.1, 0.15) is 25.0 Å². The number of benzene rings is 2. The van der Waals surface area contributed by atoms with Crippen molar-refractivity contribution >= 4 is 12.2 Å². The van der Waals surface area contributed by atoms with Crippen LogP contribution in [0.5, 0.6) is 23.0 Å². The fourth-order valence-electron chi connectivity index (χ4n) is 2.16. The van der Waals surface area contributed by atoms with Gasteiger partial charge in [-0.25, -0.2) is 0 Å². The largest absolute Gasteiger partial charge is 0.497 e. The Morgan fingerprint density at radius 1 is 0.654 bits per heavy atom. The first-order valence-corrected chi connectivity index (χ1v) is 8.48. The molecule has 0 aliphatic heterocycles. The van der Waals surface area contributed by atoms with E-state index in [9.17, 15) is 0 Å². The topological polar surface area (TPSA) is 36.9 Å². The maximum absolute atomic E-state index is 5.41. The highest BCUT2D eigenvalue weighted by molar-refractivity contribution is 5.54. The van der Waals surface area contributed by atoms with Crippen molar-refractivity contribution in [2.24, 2.45) is 0 Å². The highest BCUT2D eigenvalue weighted by atomic mass is 16.5. The third-order valence-electron chi connectivity index (χ3n) is 3.37. The fourth-order valence-corrected chi connectivity index (χ4v) is 2.16. The quantitative estimate of drug-likeness (QED) is 0.628. The van der Waals surface area contributed by atoms with E-state index in [0.29, 0.717) is 13.2 Å². The Balaban J connectivity index is 0.000000263. The van der Waals surface area contributed by atoms with E-state index in [1.54, 1.807) is 26.4 Å². The number of hydrogen-bond acceptors (Lipinski definition) is 4. The Bertz CT molecular complexity index is 661. The molecule has 0 unspecified atom stereocenters. The zero-order valence-corrected chi connectivity index (χ0v) is 16.1. The van der Waals surface area contributed by atoms with Crippen molar-refractivity contribution in [2.45, 2.75) is 13.8 Å². The molecule has 0 saturated heterocycles. The molecule has 4 nitrogen and oxygen atoms in total. The van der Waals surface area contributed by atoms with Crippen molar-refractivity contribution in [3.05, 3.63) is 60.7 Å². The van der Waals surface area contributed by atoms with Crippen molar-refractivity contribution in [3.63, 3.8) is 0 Å². The Hall–Kier alpha value is -2.88. The first-order chi connectivity index (χ1) is 12.6. The highest BCUT2D eigenvalue weighted by Gasteiger charge is 2.00. The molecule has 4 heteroatoms. The molecule has 0 amide bonds. The molecule has 0 aliphatic rings. The van der Waals surface area contributed by atoms with E-state index in [2.05, 4.69) is 13.2 Å². The van der Waals surface area contributed by atoms with E-state index in [4.69, 9.17) is 18.9 Å². The smallest absolute Gasteiger partial charge is 0.123 e. The van der Waals surface area contributed by atoms with Gasteiger partial charge in [-0.1, -0.05) is 25.3 Å². The zero-order chi connectivity index (χ0) is 19.4. The minimum Gasteiger partial charge on any atom is -0.497 e. The monoisotopic (exact) mass is 356 g/mol. The molecule has 0 heterocycles. The van der Waals surface area contributed by atoms with Gasteiger partial charge >= 0.3 is 0 Å². The number of hydrogen-bond donors (Lipinski definition) is 0. The second-order valence-electron chi connectivity index (χ2n) is 5.16. The Labute approximate surface area is 156 Å². The van der Waals surface area contributed by atoms with Gasteiger partial charge in [0.2, 0.25) is 0 Å². The van der Waals surface area contributed by atoms with E-state index in [-0.39, 0.29) is 0 Å². The Morgan fingerprint density at radius 2 is 1.00 bits per heavy atom. The van der Waals surface area contributed by atoms with Gasteiger partial charge in [0.25, 0.3) is 0 Å². The summed E-state index contributed by atoms with van der Waals surface area (Å²) in [5, 5.41) is 0. The average Bonchev–Trinajstić information content (AvgIpc) is 2.68. The van der Waals surface area contributed by atoms with E-state index in [1.165, 1.54) is 0 Å². The van der Waals surface area contributed by atoms with Gasteiger partial charge in [0, 0.05) is 12.1 Å². The lowest BCUT2D eigenvalue weighted by molar-refractivity contribution is 0.323. The standard InChI is InChI=1S/C12H16O2.C10H12O2/c1-4-10-7-11(13-5-2)9-12(8-10)14-6-3;1-4-8-5-9(11-2)7-10(6-8)12-3/h4,7-9H,1,5-6H2,2-3H3;4-7H,1H2,2-3H3. The third-order valence-corrected chi connectivity index (χ3v) is 3.37.